The number of unbranched alkanes of at least 4 members (excludes halogenated alkanes) is 2. The van der Waals surface area contributed by atoms with Gasteiger partial charge in [-0.1, -0.05) is 38.8 Å². The number of hydrogen-bond acceptors (Lipinski definition) is 2. The van der Waals surface area contributed by atoms with Crippen molar-refractivity contribution in [3.05, 3.63) is 34.9 Å². The van der Waals surface area contributed by atoms with Crippen molar-refractivity contribution in [3.63, 3.8) is 0 Å². The van der Waals surface area contributed by atoms with E-state index in [2.05, 4.69) is 30.9 Å². The predicted molar refractivity (Wildman–Crippen MR) is 89.1 cm³/mol. The van der Waals surface area contributed by atoms with Gasteiger partial charge in [-0.25, -0.2) is 0 Å². The number of aryl methyl sites for hydroxylation is 2. The number of carbonyl (C=O) groups is 1. The first-order valence-corrected chi connectivity index (χ1v) is 8.62. The molecule has 0 heterocycles. The fourth-order valence-corrected chi connectivity index (χ4v) is 3.07. The Labute approximate surface area is 129 Å². The van der Waals surface area contributed by atoms with Crippen molar-refractivity contribution in [3.8, 4) is 0 Å². The minimum Gasteiger partial charge on any atom is -0.296 e. The van der Waals surface area contributed by atoms with Crippen LogP contribution in [0.15, 0.2) is 18.2 Å². The Morgan fingerprint density at radius 1 is 1.05 bits per heavy atom. The van der Waals surface area contributed by atoms with Crippen molar-refractivity contribution in [1.82, 2.24) is 4.90 Å². The number of rotatable bonds is 9. The molecule has 1 aliphatic rings. The summed E-state index contributed by atoms with van der Waals surface area (Å²) in [6, 6.07) is 6.34. The minimum atomic E-state index is 0.289. The highest BCUT2D eigenvalue weighted by molar-refractivity contribution is 5.97. The van der Waals surface area contributed by atoms with Crippen molar-refractivity contribution in [2.75, 3.05) is 19.6 Å². The average molecular weight is 287 g/mol. The molecule has 21 heavy (non-hydrogen) atoms. The topological polar surface area (TPSA) is 20.3 Å². The fraction of sp³-hybridized carbons (Fsp3) is 0.632. The molecule has 0 saturated carbocycles. The second-order valence-corrected chi connectivity index (χ2v) is 6.24. The molecule has 1 aliphatic carbocycles. The molecule has 1 aromatic rings. The van der Waals surface area contributed by atoms with E-state index in [1.807, 2.05) is 6.07 Å². The maximum atomic E-state index is 12.5. The SMILES string of the molecule is CCCCN(CCCC)CC(=O)c1ccc2c(c1)CCC2. The van der Waals surface area contributed by atoms with Crippen LogP contribution in [0.25, 0.3) is 0 Å². The highest BCUT2D eigenvalue weighted by Gasteiger charge is 2.16. The van der Waals surface area contributed by atoms with Crippen LogP contribution in [0.4, 0.5) is 0 Å². The third-order valence-corrected chi connectivity index (χ3v) is 4.44. The maximum absolute atomic E-state index is 12.5. The zero-order valence-corrected chi connectivity index (χ0v) is 13.7. The summed E-state index contributed by atoms with van der Waals surface area (Å²) in [5, 5.41) is 0. The van der Waals surface area contributed by atoms with Crippen molar-refractivity contribution in [2.24, 2.45) is 0 Å². The molecule has 0 bridgehead atoms. The number of benzene rings is 1. The molecular weight excluding hydrogens is 258 g/mol. The smallest absolute Gasteiger partial charge is 0.176 e. The molecule has 0 atom stereocenters. The molecule has 0 aliphatic heterocycles. The van der Waals surface area contributed by atoms with Gasteiger partial charge in [0.15, 0.2) is 5.78 Å². The third-order valence-electron chi connectivity index (χ3n) is 4.44. The van der Waals surface area contributed by atoms with Gasteiger partial charge < -0.3 is 0 Å². The molecule has 1 aromatic carbocycles. The van der Waals surface area contributed by atoms with Crippen molar-refractivity contribution in [1.29, 1.82) is 0 Å². The number of nitrogens with zero attached hydrogens (tertiary/aromatic N) is 1. The number of fused-ring (bicyclic) bond motifs is 1. The Bertz CT molecular complexity index is 459. The quantitative estimate of drug-likeness (QED) is 0.632. The van der Waals surface area contributed by atoms with Crippen LogP contribution in [-0.4, -0.2) is 30.3 Å². The zero-order chi connectivity index (χ0) is 15.1. The normalized spacial score (nSPS) is 13.7. The summed E-state index contributed by atoms with van der Waals surface area (Å²) in [5.41, 5.74) is 3.75. The molecule has 0 unspecified atom stereocenters. The molecule has 0 aromatic heterocycles. The molecule has 0 radical (unpaired) electrons. The Hall–Kier alpha value is -1.15. The summed E-state index contributed by atoms with van der Waals surface area (Å²) in [4.78, 5) is 14.9. The van der Waals surface area contributed by atoms with Crippen LogP contribution in [0.2, 0.25) is 0 Å². The van der Waals surface area contributed by atoms with Gasteiger partial charge in [0, 0.05) is 5.56 Å². The second-order valence-electron chi connectivity index (χ2n) is 6.24. The van der Waals surface area contributed by atoms with E-state index in [-0.39, 0.29) is 5.78 Å². The van der Waals surface area contributed by atoms with Gasteiger partial charge in [-0.05, 0) is 62.4 Å². The molecule has 0 amide bonds. The number of Topliss-reactive ketones (excluding diaryl/α,β-unsaturated/α-hetero) is 1. The van der Waals surface area contributed by atoms with E-state index in [0.717, 1.165) is 25.1 Å². The average Bonchev–Trinajstić information content (AvgIpc) is 2.97. The molecule has 0 N–H and O–H groups in total. The maximum Gasteiger partial charge on any atom is 0.176 e. The molecule has 2 rings (SSSR count). The lowest BCUT2D eigenvalue weighted by atomic mass is 10.0. The van der Waals surface area contributed by atoms with E-state index in [0.29, 0.717) is 6.54 Å². The summed E-state index contributed by atoms with van der Waals surface area (Å²) in [5.74, 6) is 0.289. The van der Waals surface area contributed by atoms with E-state index in [1.165, 1.54) is 49.7 Å². The monoisotopic (exact) mass is 287 g/mol. The van der Waals surface area contributed by atoms with Crippen LogP contribution >= 0.6 is 0 Å². The lowest BCUT2D eigenvalue weighted by Gasteiger charge is -2.21. The van der Waals surface area contributed by atoms with E-state index in [4.69, 9.17) is 0 Å². The van der Waals surface area contributed by atoms with Gasteiger partial charge in [0.2, 0.25) is 0 Å². The Kier molecular flexibility index (Phi) is 6.44. The molecule has 0 spiro atoms. The summed E-state index contributed by atoms with van der Waals surface area (Å²) < 4.78 is 0. The summed E-state index contributed by atoms with van der Waals surface area (Å²) in [7, 11) is 0. The largest absolute Gasteiger partial charge is 0.296 e. The van der Waals surface area contributed by atoms with Crippen molar-refractivity contribution >= 4 is 5.78 Å². The number of ketones is 1. The Morgan fingerprint density at radius 3 is 2.38 bits per heavy atom. The van der Waals surface area contributed by atoms with Crippen LogP contribution in [-0.2, 0) is 12.8 Å². The first kappa shape index (κ1) is 16.2. The van der Waals surface area contributed by atoms with Gasteiger partial charge in [0.1, 0.15) is 0 Å². The summed E-state index contributed by atoms with van der Waals surface area (Å²) >= 11 is 0. The highest BCUT2D eigenvalue weighted by atomic mass is 16.1. The first-order chi connectivity index (χ1) is 10.2. The van der Waals surface area contributed by atoms with Gasteiger partial charge in [-0.3, -0.25) is 9.69 Å². The van der Waals surface area contributed by atoms with Gasteiger partial charge in [-0.15, -0.1) is 0 Å². The lowest BCUT2D eigenvalue weighted by molar-refractivity contribution is 0.0928. The van der Waals surface area contributed by atoms with Gasteiger partial charge in [0.25, 0.3) is 0 Å². The molecule has 2 heteroatoms. The van der Waals surface area contributed by atoms with Gasteiger partial charge in [0.05, 0.1) is 6.54 Å². The standard InChI is InChI=1S/C19H29NO/c1-3-5-12-20(13-6-4-2)15-19(21)18-11-10-16-8-7-9-17(16)14-18/h10-11,14H,3-9,12-13,15H2,1-2H3. The van der Waals surface area contributed by atoms with Crippen LogP contribution < -0.4 is 0 Å². The predicted octanol–water partition coefficient (Wildman–Crippen LogP) is 4.26. The summed E-state index contributed by atoms with van der Waals surface area (Å²) in [6.45, 7) is 7.10. The second kappa shape index (κ2) is 8.33. The van der Waals surface area contributed by atoms with Crippen molar-refractivity contribution < 1.29 is 4.79 Å². The molecular formula is C19H29NO. The van der Waals surface area contributed by atoms with Crippen LogP contribution in [0.1, 0.15) is 67.4 Å². The Morgan fingerprint density at radius 2 is 1.71 bits per heavy atom. The molecule has 0 saturated heterocycles. The minimum absolute atomic E-state index is 0.289. The summed E-state index contributed by atoms with van der Waals surface area (Å²) in [6.07, 6.45) is 8.31. The van der Waals surface area contributed by atoms with Gasteiger partial charge >= 0.3 is 0 Å². The fourth-order valence-electron chi connectivity index (χ4n) is 3.07. The van der Waals surface area contributed by atoms with Gasteiger partial charge in [-0.2, -0.15) is 0 Å². The molecule has 116 valence electrons. The molecule has 2 nitrogen and oxygen atoms in total. The highest BCUT2D eigenvalue weighted by Crippen LogP contribution is 2.23. The Balaban J connectivity index is 1.97. The van der Waals surface area contributed by atoms with E-state index >= 15 is 0 Å². The van der Waals surface area contributed by atoms with E-state index < -0.39 is 0 Å². The van der Waals surface area contributed by atoms with E-state index in [9.17, 15) is 4.79 Å². The van der Waals surface area contributed by atoms with Crippen molar-refractivity contribution in [2.45, 2.75) is 58.8 Å². The van der Waals surface area contributed by atoms with Crippen LogP contribution in [0.3, 0.4) is 0 Å². The number of carbonyl (C=O) groups excluding carboxylic acids is 1. The van der Waals surface area contributed by atoms with Crippen LogP contribution in [0.5, 0.6) is 0 Å². The van der Waals surface area contributed by atoms with E-state index in [1.54, 1.807) is 0 Å². The third kappa shape index (κ3) is 4.67. The lowest BCUT2D eigenvalue weighted by Crippen LogP contribution is -2.32. The number of hydrogen-bond donors (Lipinski definition) is 0. The first-order valence-electron chi connectivity index (χ1n) is 8.62. The zero-order valence-electron chi connectivity index (χ0n) is 13.7. The molecule has 0 fully saturated rings. The van der Waals surface area contributed by atoms with Crippen LogP contribution in [0, 0.1) is 0 Å².